The number of rotatable bonds is 9. The van der Waals surface area contributed by atoms with Crippen LogP contribution in [0.15, 0.2) is 58.3 Å². The summed E-state index contributed by atoms with van der Waals surface area (Å²) in [6.07, 6.45) is 1.77. The normalized spacial score (nSPS) is 21.9. The van der Waals surface area contributed by atoms with Gasteiger partial charge in [-0.3, -0.25) is 14.3 Å². The van der Waals surface area contributed by atoms with Gasteiger partial charge in [0, 0.05) is 17.5 Å². The molecule has 1 aliphatic rings. The lowest BCUT2D eigenvalue weighted by atomic mass is 10.1. The minimum Gasteiger partial charge on any atom is -0.435 e. The number of aromatic nitrogens is 2. The number of hydrogen-bond donors (Lipinski definition) is 2. The summed E-state index contributed by atoms with van der Waals surface area (Å²) in [7, 11) is -1.67. The molecule has 180 valence electrons. The molecule has 0 amide bonds. The van der Waals surface area contributed by atoms with Crippen LogP contribution >= 0.6 is 20.1 Å². The van der Waals surface area contributed by atoms with Crippen molar-refractivity contribution >= 4 is 37.2 Å². The molecule has 0 saturated carbocycles. The fraction of sp³-hybridized carbons (Fsp3) is 0.348. The predicted octanol–water partition coefficient (Wildman–Crippen LogP) is 3.77. The average Bonchev–Trinajstić information content (AvgIpc) is 3.20. The van der Waals surface area contributed by atoms with E-state index in [1.54, 1.807) is 6.92 Å². The van der Waals surface area contributed by atoms with E-state index in [0.29, 0.717) is 12.2 Å². The van der Waals surface area contributed by atoms with E-state index in [-0.39, 0.29) is 23.7 Å². The van der Waals surface area contributed by atoms with E-state index in [0.717, 1.165) is 17.1 Å². The highest BCUT2D eigenvalue weighted by Gasteiger charge is 2.35. The largest absolute Gasteiger partial charge is 0.435 e. The van der Waals surface area contributed by atoms with Gasteiger partial charge < -0.3 is 18.6 Å². The van der Waals surface area contributed by atoms with Gasteiger partial charge in [-0.2, -0.15) is 0 Å². The second-order valence-electron chi connectivity index (χ2n) is 8.18. The van der Waals surface area contributed by atoms with E-state index in [9.17, 15) is 14.4 Å². The zero-order valence-corrected chi connectivity index (χ0v) is 20.3. The quantitative estimate of drug-likeness (QED) is 0.336. The number of aromatic amines is 1. The molecule has 1 fully saturated rings. The van der Waals surface area contributed by atoms with E-state index < -0.39 is 32.0 Å². The van der Waals surface area contributed by atoms with Crippen LogP contribution in [0, 0.1) is 5.92 Å². The second kappa shape index (κ2) is 10.8. The van der Waals surface area contributed by atoms with Crippen LogP contribution < -0.4 is 20.9 Å². The van der Waals surface area contributed by atoms with E-state index in [2.05, 4.69) is 10.1 Å². The molecule has 1 aromatic heterocycles. The third kappa shape index (κ3) is 5.56. The Morgan fingerprint density at radius 3 is 2.85 bits per heavy atom. The molecular weight excluding hydrogens is 481 g/mol. The van der Waals surface area contributed by atoms with Crippen LogP contribution in [0.1, 0.15) is 26.5 Å². The van der Waals surface area contributed by atoms with Crippen LogP contribution in [0.5, 0.6) is 5.75 Å². The van der Waals surface area contributed by atoms with Crippen LogP contribution in [0.2, 0.25) is 5.02 Å². The number of aldehydes is 1. The molecule has 9 nitrogen and oxygen atoms in total. The van der Waals surface area contributed by atoms with Crippen molar-refractivity contribution in [2.75, 3.05) is 6.61 Å². The number of nitrogens with one attached hydrogen (secondary N) is 2. The molecule has 5 atom stereocenters. The van der Waals surface area contributed by atoms with Gasteiger partial charge in [0.05, 0.1) is 18.8 Å². The fourth-order valence-electron chi connectivity index (χ4n) is 3.82. The van der Waals surface area contributed by atoms with Crippen molar-refractivity contribution in [3.63, 3.8) is 0 Å². The van der Waals surface area contributed by atoms with Crippen LogP contribution in [0.25, 0.3) is 10.8 Å². The molecule has 4 unspecified atom stereocenters. The van der Waals surface area contributed by atoms with E-state index in [1.807, 2.05) is 49.4 Å². The molecule has 0 bridgehead atoms. The van der Waals surface area contributed by atoms with Crippen molar-refractivity contribution in [1.29, 1.82) is 0 Å². The van der Waals surface area contributed by atoms with Gasteiger partial charge in [-0.1, -0.05) is 54.9 Å². The second-order valence-corrected chi connectivity index (χ2v) is 9.80. The van der Waals surface area contributed by atoms with Crippen LogP contribution in [-0.2, 0) is 14.1 Å². The summed E-state index contributed by atoms with van der Waals surface area (Å²) in [5.74, 6) is 0.614. The number of nitrogens with zero attached hydrogens (tertiary/aromatic N) is 1. The molecule has 1 aliphatic heterocycles. The van der Waals surface area contributed by atoms with E-state index >= 15 is 0 Å². The van der Waals surface area contributed by atoms with Crippen LogP contribution in [0.3, 0.4) is 0 Å². The van der Waals surface area contributed by atoms with Gasteiger partial charge in [-0.25, -0.2) is 9.88 Å². The molecule has 0 spiro atoms. The molecular formula is C23H25ClN3O6P. The summed E-state index contributed by atoms with van der Waals surface area (Å²) in [6.45, 7) is 3.84. The summed E-state index contributed by atoms with van der Waals surface area (Å²) >= 11 is 5.90. The molecule has 0 radical (unpaired) electrons. The third-order valence-corrected chi connectivity index (χ3v) is 7.11. The maximum Gasteiger partial charge on any atom is 0.330 e. The number of halogens is 1. The molecule has 2 heterocycles. The first kappa shape index (κ1) is 24.6. The minimum absolute atomic E-state index is 0.0275. The average molecular weight is 506 g/mol. The SMILES string of the molecule is CC(C=O)N[P@](OCC1CC(C)C(n2cc(Cl)c(=O)[nH]c2=O)O1)Oc1cccc2ccccc12. The molecule has 2 N–H and O–H groups in total. The molecule has 3 aromatic rings. The molecule has 4 rings (SSSR count). The lowest BCUT2D eigenvalue weighted by molar-refractivity contribution is -0.108. The van der Waals surface area contributed by atoms with Crippen molar-refractivity contribution < 1.29 is 18.6 Å². The third-order valence-electron chi connectivity index (χ3n) is 5.47. The molecule has 34 heavy (non-hydrogen) atoms. The smallest absolute Gasteiger partial charge is 0.330 e. The molecule has 1 saturated heterocycles. The Kier molecular flexibility index (Phi) is 7.80. The topological polar surface area (TPSA) is 112 Å². The highest BCUT2D eigenvalue weighted by molar-refractivity contribution is 7.45. The fourth-order valence-corrected chi connectivity index (χ4v) is 5.18. The number of ether oxygens (including phenoxy) is 1. The van der Waals surface area contributed by atoms with Gasteiger partial charge in [0.15, 0.2) is 0 Å². The highest BCUT2D eigenvalue weighted by Crippen LogP contribution is 2.41. The molecule has 2 aromatic carbocycles. The predicted molar refractivity (Wildman–Crippen MR) is 130 cm³/mol. The first-order valence-corrected chi connectivity index (χ1v) is 12.4. The Labute approximate surface area is 202 Å². The summed E-state index contributed by atoms with van der Waals surface area (Å²) in [5.41, 5.74) is -1.23. The minimum atomic E-state index is -1.67. The van der Waals surface area contributed by atoms with Crippen molar-refractivity contribution in [3.8, 4) is 5.75 Å². The van der Waals surface area contributed by atoms with Gasteiger partial charge in [0.2, 0.25) is 0 Å². The maximum absolute atomic E-state index is 12.2. The van der Waals surface area contributed by atoms with Gasteiger partial charge in [-0.05, 0) is 24.8 Å². The summed E-state index contributed by atoms with van der Waals surface area (Å²) < 4.78 is 19.5. The number of fused-ring (bicyclic) bond motifs is 1. The van der Waals surface area contributed by atoms with Crippen LogP contribution in [0.4, 0.5) is 0 Å². The monoisotopic (exact) mass is 505 g/mol. The Morgan fingerprint density at radius 1 is 1.29 bits per heavy atom. The first-order chi connectivity index (χ1) is 16.4. The zero-order valence-electron chi connectivity index (χ0n) is 18.6. The molecule has 11 heteroatoms. The Bertz CT molecular complexity index is 1280. The standard InChI is InChI=1S/C23H25ClN3O6P/c1-14-10-17(32-22(14)27-11-19(24)21(29)25-23(27)30)13-31-34(26-15(2)12-28)33-20-9-5-7-16-6-3-4-8-18(16)20/h3-9,11-12,14-15,17,22,26H,10,13H2,1-2H3,(H,25,29,30)/t14?,15?,17?,22?,34-/m1/s1. The number of benzene rings is 2. The van der Waals surface area contributed by atoms with Gasteiger partial charge >= 0.3 is 14.2 Å². The summed E-state index contributed by atoms with van der Waals surface area (Å²) in [5, 5.41) is 4.94. The van der Waals surface area contributed by atoms with E-state index in [1.165, 1.54) is 10.8 Å². The summed E-state index contributed by atoms with van der Waals surface area (Å²) in [4.78, 5) is 37.2. The van der Waals surface area contributed by atoms with Crippen molar-refractivity contribution in [2.45, 2.75) is 38.6 Å². The number of H-pyrrole nitrogens is 1. The van der Waals surface area contributed by atoms with E-state index in [4.69, 9.17) is 25.4 Å². The lowest BCUT2D eigenvalue weighted by Crippen LogP contribution is -2.34. The highest BCUT2D eigenvalue weighted by atomic mass is 35.5. The van der Waals surface area contributed by atoms with Crippen LogP contribution in [-0.4, -0.2) is 34.6 Å². The Morgan fingerprint density at radius 2 is 2.06 bits per heavy atom. The first-order valence-electron chi connectivity index (χ1n) is 10.8. The lowest BCUT2D eigenvalue weighted by Gasteiger charge is -2.23. The van der Waals surface area contributed by atoms with Gasteiger partial charge in [-0.15, -0.1) is 0 Å². The summed E-state index contributed by atoms with van der Waals surface area (Å²) in [6, 6.07) is 13.1. The number of carbonyl (C=O) groups is 1. The van der Waals surface area contributed by atoms with Crippen molar-refractivity contribution in [3.05, 3.63) is 74.5 Å². The van der Waals surface area contributed by atoms with Gasteiger partial charge in [0.1, 0.15) is 23.3 Å². The maximum atomic E-state index is 12.2. The van der Waals surface area contributed by atoms with Crippen molar-refractivity contribution in [1.82, 2.24) is 14.6 Å². The van der Waals surface area contributed by atoms with Gasteiger partial charge in [0.25, 0.3) is 5.56 Å². The number of hydrogen-bond acceptors (Lipinski definition) is 7. The number of carbonyl (C=O) groups excluding carboxylic acids is 1. The zero-order chi connectivity index (χ0) is 24.2. The Balaban J connectivity index is 1.46. The van der Waals surface area contributed by atoms with Crippen molar-refractivity contribution in [2.24, 2.45) is 5.92 Å². The Hall–Kier alpha value is -2.55. The molecule has 0 aliphatic carbocycles.